The van der Waals surface area contributed by atoms with Crippen LogP contribution in [-0.4, -0.2) is 47.5 Å². The molecule has 2 aromatic rings. The van der Waals surface area contributed by atoms with Crippen LogP contribution >= 0.6 is 34.5 Å². The number of carboxylic acids is 1. The highest BCUT2D eigenvalue weighted by atomic mass is 35.5. The second-order valence-corrected chi connectivity index (χ2v) is 7.82. The fourth-order valence-electron chi connectivity index (χ4n) is 2.60. The summed E-state index contributed by atoms with van der Waals surface area (Å²) < 4.78 is 0. The number of nitrogens with one attached hydrogen (secondary N) is 2. The number of primary amides is 1. The highest BCUT2D eigenvalue weighted by Crippen LogP contribution is 2.37. The van der Waals surface area contributed by atoms with E-state index in [2.05, 4.69) is 15.6 Å². The predicted molar refractivity (Wildman–Crippen MR) is 113 cm³/mol. The Hall–Kier alpha value is -2.20. The molecule has 0 aliphatic heterocycles. The van der Waals surface area contributed by atoms with Crippen LogP contribution in [0.5, 0.6) is 0 Å². The van der Waals surface area contributed by atoms with Crippen LogP contribution in [0.1, 0.15) is 24.5 Å². The molecule has 11 heteroatoms. The molecule has 0 fully saturated rings. The van der Waals surface area contributed by atoms with E-state index in [0.29, 0.717) is 39.0 Å². The smallest absolute Gasteiger partial charge is 0.320 e. The number of benzene rings is 1. The Labute approximate surface area is 181 Å². The number of hydrogen-bond acceptors (Lipinski definition) is 6. The number of halogens is 2. The van der Waals surface area contributed by atoms with Crippen molar-refractivity contribution in [2.24, 2.45) is 5.73 Å². The standard InChI is InChI=1S/C18H20Cl2N4O4S/c19-11-3-1-4-12(20)15(11)16-24-14(9-29-16)10(8-25)7-23-13(17(26)27)5-2-6-22-18(21)28/h1,3-4,8-10,13,23H,2,5-7H2,(H,26,27)(H3,21,22,28)/t10?,13-/m1/s1. The third-order valence-electron chi connectivity index (χ3n) is 4.09. The Morgan fingerprint density at radius 1 is 1.31 bits per heavy atom. The normalized spacial score (nSPS) is 12.9. The molecule has 5 N–H and O–H groups in total. The minimum absolute atomic E-state index is 0.100. The zero-order valence-electron chi connectivity index (χ0n) is 15.2. The van der Waals surface area contributed by atoms with Gasteiger partial charge in [-0.15, -0.1) is 11.3 Å². The van der Waals surface area contributed by atoms with Crippen molar-refractivity contribution >= 4 is 52.8 Å². The van der Waals surface area contributed by atoms with E-state index in [0.717, 1.165) is 0 Å². The average Bonchev–Trinajstić information content (AvgIpc) is 3.12. The van der Waals surface area contributed by atoms with Crippen molar-refractivity contribution in [2.45, 2.75) is 24.8 Å². The molecule has 0 bridgehead atoms. The molecule has 1 unspecified atom stereocenters. The summed E-state index contributed by atoms with van der Waals surface area (Å²) in [7, 11) is 0. The molecule has 1 heterocycles. The number of carbonyl (C=O) groups excluding carboxylic acids is 2. The van der Waals surface area contributed by atoms with E-state index in [1.54, 1.807) is 23.6 Å². The number of nitrogens with zero attached hydrogens (tertiary/aromatic N) is 1. The molecule has 2 rings (SSSR count). The molecule has 156 valence electrons. The van der Waals surface area contributed by atoms with Crippen LogP contribution < -0.4 is 16.4 Å². The van der Waals surface area contributed by atoms with Crippen LogP contribution in [0.2, 0.25) is 10.0 Å². The Morgan fingerprint density at radius 3 is 2.59 bits per heavy atom. The average molecular weight is 459 g/mol. The van der Waals surface area contributed by atoms with Gasteiger partial charge in [-0.25, -0.2) is 9.78 Å². The first-order valence-electron chi connectivity index (χ1n) is 8.68. The maximum absolute atomic E-state index is 11.6. The summed E-state index contributed by atoms with van der Waals surface area (Å²) in [4.78, 5) is 38.1. The second kappa shape index (κ2) is 11.1. The molecule has 0 saturated heterocycles. The number of hydrogen-bond donors (Lipinski definition) is 4. The Morgan fingerprint density at radius 2 is 2.00 bits per heavy atom. The fourth-order valence-corrected chi connectivity index (χ4v) is 4.24. The van der Waals surface area contributed by atoms with Crippen LogP contribution in [0.3, 0.4) is 0 Å². The monoisotopic (exact) mass is 458 g/mol. The number of aldehydes is 1. The molecule has 0 saturated carbocycles. The molecule has 2 atom stereocenters. The van der Waals surface area contributed by atoms with Gasteiger partial charge in [-0.3, -0.25) is 4.79 Å². The number of thiazole rings is 1. The molecular formula is C18H20Cl2N4O4S. The summed E-state index contributed by atoms with van der Waals surface area (Å²) in [5.74, 6) is -1.68. The number of carboxylic acid groups (broad SMARTS) is 1. The number of carbonyl (C=O) groups is 3. The van der Waals surface area contributed by atoms with Crippen molar-refractivity contribution in [3.05, 3.63) is 39.3 Å². The number of nitrogens with two attached hydrogens (primary N) is 1. The summed E-state index contributed by atoms with van der Waals surface area (Å²) in [6.07, 6.45) is 1.40. The SMILES string of the molecule is NC(=O)NCCC[C@@H](NCC(C=O)c1csc(-c2c(Cl)cccc2Cl)n1)C(=O)O. The maximum atomic E-state index is 11.6. The van der Waals surface area contributed by atoms with Gasteiger partial charge in [0.05, 0.1) is 21.7 Å². The summed E-state index contributed by atoms with van der Waals surface area (Å²) in [6, 6.07) is 3.60. The Balaban J connectivity index is 2.02. The van der Waals surface area contributed by atoms with E-state index in [1.807, 2.05) is 0 Å². The van der Waals surface area contributed by atoms with Crippen molar-refractivity contribution in [3.8, 4) is 10.6 Å². The molecule has 0 radical (unpaired) electrons. The molecule has 0 spiro atoms. The van der Waals surface area contributed by atoms with Crippen molar-refractivity contribution in [1.82, 2.24) is 15.6 Å². The highest BCUT2D eigenvalue weighted by molar-refractivity contribution is 7.13. The lowest BCUT2D eigenvalue weighted by atomic mass is 10.1. The van der Waals surface area contributed by atoms with Crippen molar-refractivity contribution in [3.63, 3.8) is 0 Å². The number of aromatic nitrogens is 1. The third kappa shape index (κ3) is 6.67. The van der Waals surface area contributed by atoms with Gasteiger partial charge in [0.15, 0.2) is 0 Å². The number of rotatable bonds is 11. The van der Waals surface area contributed by atoms with Gasteiger partial charge in [-0.1, -0.05) is 29.3 Å². The van der Waals surface area contributed by atoms with Crippen LogP contribution in [0, 0.1) is 0 Å². The first-order valence-corrected chi connectivity index (χ1v) is 10.3. The lowest BCUT2D eigenvalue weighted by molar-refractivity contribution is -0.139. The topological polar surface area (TPSA) is 134 Å². The lowest BCUT2D eigenvalue weighted by Crippen LogP contribution is -2.40. The summed E-state index contributed by atoms with van der Waals surface area (Å²) in [6.45, 7) is 0.370. The molecule has 8 nitrogen and oxygen atoms in total. The number of urea groups is 1. The van der Waals surface area contributed by atoms with E-state index in [9.17, 15) is 19.5 Å². The summed E-state index contributed by atoms with van der Waals surface area (Å²) in [5, 5.41) is 17.8. The maximum Gasteiger partial charge on any atom is 0.320 e. The van der Waals surface area contributed by atoms with Gasteiger partial charge in [0.2, 0.25) is 0 Å². The van der Waals surface area contributed by atoms with E-state index >= 15 is 0 Å². The fraction of sp³-hybridized carbons (Fsp3) is 0.333. The number of aliphatic carboxylic acids is 1. The largest absolute Gasteiger partial charge is 0.480 e. The lowest BCUT2D eigenvalue weighted by Gasteiger charge is -2.16. The van der Waals surface area contributed by atoms with E-state index < -0.39 is 24.0 Å². The minimum atomic E-state index is -1.05. The Kier molecular flexibility index (Phi) is 8.84. The van der Waals surface area contributed by atoms with Gasteiger partial charge in [0, 0.05) is 24.0 Å². The quantitative estimate of drug-likeness (QED) is 0.302. The van der Waals surface area contributed by atoms with Crippen LogP contribution in [0.15, 0.2) is 23.6 Å². The van der Waals surface area contributed by atoms with Gasteiger partial charge in [0.25, 0.3) is 0 Å². The van der Waals surface area contributed by atoms with Crippen molar-refractivity contribution < 1.29 is 19.5 Å². The highest BCUT2D eigenvalue weighted by Gasteiger charge is 2.22. The zero-order chi connectivity index (χ0) is 21.4. The summed E-state index contributed by atoms with van der Waals surface area (Å²) in [5.41, 5.74) is 6.06. The minimum Gasteiger partial charge on any atom is -0.480 e. The van der Waals surface area contributed by atoms with Gasteiger partial charge in [-0.2, -0.15) is 0 Å². The molecule has 0 aliphatic rings. The van der Waals surface area contributed by atoms with Crippen molar-refractivity contribution in [1.29, 1.82) is 0 Å². The van der Waals surface area contributed by atoms with Crippen LogP contribution in [0.25, 0.3) is 10.6 Å². The van der Waals surface area contributed by atoms with E-state index in [4.69, 9.17) is 28.9 Å². The van der Waals surface area contributed by atoms with Gasteiger partial charge in [-0.05, 0) is 25.0 Å². The summed E-state index contributed by atoms with van der Waals surface area (Å²) >= 11 is 13.7. The number of amides is 2. The van der Waals surface area contributed by atoms with Crippen LogP contribution in [-0.2, 0) is 9.59 Å². The molecule has 1 aromatic carbocycles. The molecule has 29 heavy (non-hydrogen) atoms. The molecule has 0 aliphatic carbocycles. The van der Waals surface area contributed by atoms with Crippen molar-refractivity contribution in [2.75, 3.05) is 13.1 Å². The first-order chi connectivity index (χ1) is 13.8. The van der Waals surface area contributed by atoms with E-state index in [1.165, 1.54) is 11.3 Å². The van der Waals surface area contributed by atoms with Gasteiger partial charge in [0.1, 0.15) is 17.3 Å². The zero-order valence-corrected chi connectivity index (χ0v) is 17.6. The molecule has 1 aromatic heterocycles. The van der Waals surface area contributed by atoms with Gasteiger partial charge < -0.3 is 26.3 Å². The second-order valence-electron chi connectivity index (χ2n) is 6.15. The first kappa shape index (κ1) is 23.1. The Bertz CT molecular complexity index is 857. The van der Waals surface area contributed by atoms with Gasteiger partial charge >= 0.3 is 12.0 Å². The van der Waals surface area contributed by atoms with E-state index in [-0.39, 0.29) is 19.5 Å². The third-order valence-corrected chi connectivity index (χ3v) is 5.60. The predicted octanol–water partition coefficient (Wildman–Crippen LogP) is 2.89. The molecule has 2 amide bonds. The van der Waals surface area contributed by atoms with Crippen LogP contribution in [0.4, 0.5) is 4.79 Å². The molecular weight excluding hydrogens is 439 g/mol.